The smallest absolute Gasteiger partial charge is 0.265 e. The Morgan fingerprint density at radius 2 is 2.00 bits per heavy atom. The summed E-state index contributed by atoms with van der Waals surface area (Å²) in [6.45, 7) is 1.76. The summed E-state index contributed by atoms with van der Waals surface area (Å²) >= 11 is 0. The number of benzene rings is 1. The molecule has 8 heteroatoms. The van der Waals surface area contributed by atoms with Crippen LogP contribution in [0.3, 0.4) is 0 Å². The molecule has 7 nitrogen and oxygen atoms in total. The minimum absolute atomic E-state index is 0.0821. The highest BCUT2D eigenvalue weighted by molar-refractivity contribution is 7.92. The first-order valence-corrected chi connectivity index (χ1v) is 7.57. The predicted octanol–water partition coefficient (Wildman–Crippen LogP) is 2.17. The van der Waals surface area contributed by atoms with Crippen molar-refractivity contribution >= 4 is 15.7 Å². The van der Waals surface area contributed by atoms with E-state index in [0.717, 1.165) is 5.56 Å². The monoisotopic (exact) mass is 304 g/mol. The molecule has 2 N–H and O–H groups in total. The van der Waals surface area contributed by atoms with Crippen LogP contribution in [0.1, 0.15) is 5.89 Å². The highest BCUT2D eigenvalue weighted by Crippen LogP contribution is 2.22. The van der Waals surface area contributed by atoms with Gasteiger partial charge in [-0.05, 0) is 12.1 Å². The van der Waals surface area contributed by atoms with E-state index in [1.54, 1.807) is 37.5 Å². The Balaban J connectivity index is 1.82. The Morgan fingerprint density at radius 3 is 2.57 bits per heavy atom. The van der Waals surface area contributed by atoms with Crippen molar-refractivity contribution in [2.24, 2.45) is 0 Å². The molecule has 0 atom stereocenters. The van der Waals surface area contributed by atoms with E-state index in [2.05, 4.69) is 19.9 Å². The van der Waals surface area contributed by atoms with Crippen LogP contribution in [-0.2, 0) is 10.0 Å². The number of oxazole rings is 1. The van der Waals surface area contributed by atoms with Crippen LogP contribution in [0.5, 0.6) is 0 Å². The highest BCUT2D eigenvalue weighted by Gasteiger charge is 2.15. The minimum Gasteiger partial charge on any atom is -0.449 e. The Bertz CT molecular complexity index is 836. The topological polar surface area (TPSA) is 101 Å². The molecule has 2 aromatic heterocycles. The minimum atomic E-state index is -3.62. The molecular formula is C13H12N4O3S. The van der Waals surface area contributed by atoms with Gasteiger partial charge in [0.15, 0.2) is 5.89 Å². The Hall–Kier alpha value is -2.61. The van der Waals surface area contributed by atoms with Crippen molar-refractivity contribution in [2.45, 2.75) is 11.8 Å². The third-order valence-electron chi connectivity index (χ3n) is 2.84. The van der Waals surface area contributed by atoms with E-state index in [9.17, 15) is 8.42 Å². The van der Waals surface area contributed by atoms with E-state index in [0.29, 0.717) is 17.3 Å². The third kappa shape index (κ3) is 2.79. The SMILES string of the molecule is Cc1nc(-c2ccc(NS(=O)(=O)c3cn[nH]c3)cc2)co1. The molecule has 0 fully saturated rings. The van der Waals surface area contributed by atoms with Crippen LogP contribution in [0.25, 0.3) is 11.3 Å². The number of hydrogen-bond acceptors (Lipinski definition) is 5. The van der Waals surface area contributed by atoms with Crippen LogP contribution in [0, 0.1) is 6.92 Å². The maximum Gasteiger partial charge on any atom is 0.265 e. The van der Waals surface area contributed by atoms with Gasteiger partial charge in [-0.15, -0.1) is 0 Å². The van der Waals surface area contributed by atoms with Crippen molar-refractivity contribution < 1.29 is 12.8 Å². The maximum absolute atomic E-state index is 12.0. The quantitative estimate of drug-likeness (QED) is 0.769. The van der Waals surface area contributed by atoms with Crippen LogP contribution >= 0.6 is 0 Å². The van der Waals surface area contributed by atoms with Crippen molar-refractivity contribution in [3.05, 3.63) is 48.8 Å². The molecule has 21 heavy (non-hydrogen) atoms. The van der Waals surface area contributed by atoms with E-state index in [1.165, 1.54) is 12.4 Å². The molecule has 3 aromatic rings. The van der Waals surface area contributed by atoms with E-state index < -0.39 is 10.0 Å². The fourth-order valence-corrected chi connectivity index (χ4v) is 2.77. The molecule has 2 heterocycles. The molecule has 0 aliphatic rings. The van der Waals surface area contributed by atoms with Crippen molar-refractivity contribution in [3.8, 4) is 11.3 Å². The van der Waals surface area contributed by atoms with Gasteiger partial charge in [0, 0.05) is 24.4 Å². The van der Waals surface area contributed by atoms with E-state index in [4.69, 9.17) is 4.42 Å². The lowest BCUT2D eigenvalue weighted by molar-refractivity contribution is 0.521. The molecule has 0 spiro atoms. The molecule has 0 radical (unpaired) electrons. The fourth-order valence-electron chi connectivity index (χ4n) is 1.81. The van der Waals surface area contributed by atoms with Crippen LogP contribution < -0.4 is 4.72 Å². The summed E-state index contributed by atoms with van der Waals surface area (Å²) in [4.78, 5) is 4.29. The van der Waals surface area contributed by atoms with Gasteiger partial charge in [-0.25, -0.2) is 13.4 Å². The van der Waals surface area contributed by atoms with Gasteiger partial charge in [-0.1, -0.05) is 12.1 Å². The summed E-state index contributed by atoms with van der Waals surface area (Å²) < 4.78 is 31.7. The molecule has 108 valence electrons. The summed E-state index contributed by atoms with van der Waals surface area (Å²) in [5.41, 5.74) is 2.01. The Morgan fingerprint density at radius 1 is 1.24 bits per heavy atom. The largest absolute Gasteiger partial charge is 0.449 e. The Labute approximate surface area is 121 Å². The maximum atomic E-state index is 12.0. The van der Waals surface area contributed by atoms with Gasteiger partial charge in [0.1, 0.15) is 16.9 Å². The molecule has 0 unspecified atom stereocenters. The fraction of sp³-hybridized carbons (Fsp3) is 0.0769. The number of hydrogen-bond donors (Lipinski definition) is 2. The van der Waals surface area contributed by atoms with Crippen LogP contribution in [-0.4, -0.2) is 23.6 Å². The molecule has 0 aliphatic carbocycles. The van der Waals surface area contributed by atoms with Crippen LogP contribution in [0.2, 0.25) is 0 Å². The zero-order chi connectivity index (χ0) is 14.9. The van der Waals surface area contributed by atoms with Crippen LogP contribution in [0.15, 0.2) is 52.2 Å². The summed E-state index contributed by atoms with van der Waals surface area (Å²) in [5.74, 6) is 0.578. The predicted molar refractivity (Wildman–Crippen MR) is 76.1 cm³/mol. The Kier molecular flexibility index (Phi) is 3.22. The lowest BCUT2D eigenvalue weighted by Crippen LogP contribution is -2.12. The van der Waals surface area contributed by atoms with Crippen molar-refractivity contribution in [1.29, 1.82) is 0 Å². The first-order valence-electron chi connectivity index (χ1n) is 6.09. The van der Waals surface area contributed by atoms with Crippen LogP contribution in [0.4, 0.5) is 5.69 Å². The number of nitrogens with one attached hydrogen (secondary N) is 2. The molecule has 0 saturated heterocycles. The number of H-pyrrole nitrogens is 1. The normalized spacial score (nSPS) is 11.5. The third-order valence-corrected chi connectivity index (χ3v) is 4.18. The van der Waals surface area contributed by atoms with Gasteiger partial charge in [-0.2, -0.15) is 5.10 Å². The van der Waals surface area contributed by atoms with Crippen molar-refractivity contribution in [1.82, 2.24) is 15.2 Å². The molecule has 1 aromatic carbocycles. The zero-order valence-corrected chi connectivity index (χ0v) is 11.9. The van der Waals surface area contributed by atoms with Gasteiger partial charge in [0.25, 0.3) is 10.0 Å². The van der Waals surface area contributed by atoms with Gasteiger partial charge in [-0.3, -0.25) is 9.82 Å². The number of aryl methyl sites for hydroxylation is 1. The van der Waals surface area contributed by atoms with Gasteiger partial charge < -0.3 is 4.42 Å². The first kappa shape index (κ1) is 13.4. The molecule has 0 aliphatic heterocycles. The second kappa shape index (κ2) is 5.06. The summed E-state index contributed by atoms with van der Waals surface area (Å²) in [7, 11) is -3.62. The number of rotatable bonds is 4. The average molecular weight is 304 g/mol. The van der Waals surface area contributed by atoms with E-state index in [-0.39, 0.29) is 4.90 Å². The number of nitrogens with zero attached hydrogens (tertiary/aromatic N) is 2. The lowest BCUT2D eigenvalue weighted by Gasteiger charge is -2.06. The van der Waals surface area contributed by atoms with Crippen molar-refractivity contribution in [2.75, 3.05) is 4.72 Å². The lowest BCUT2D eigenvalue weighted by atomic mass is 10.1. The standard InChI is InChI=1S/C13H12N4O3S/c1-9-16-13(8-20-9)10-2-4-11(5-3-10)17-21(18,19)12-6-14-15-7-12/h2-8,17H,1H3,(H,14,15). The molecule has 0 amide bonds. The van der Waals surface area contributed by atoms with Gasteiger partial charge >= 0.3 is 0 Å². The summed E-state index contributed by atoms with van der Waals surface area (Å²) in [5, 5.41) is 6.09. The van der Waals surface area contributed by atoms with Crippen molar-refractivity contribution in [3.63, 3.8) is 0 Å². The second-order valence-electron chi connectivity index (χ2n) is 4.37. The van der Waals surface area contributed by atoms with E-state index >= 15 is 0 Å². The summed E-state index contributed by atoms with van der Waals surface area (Å²) in [6.07, 6.45) is 4.11. The average Bonchev–Trinajstić information content (AvgIpc) is 3.10. The van der Waals surface area contributed by atoms with Gasteiger partial charge in [0.05, 0.1) is 6.20 Å². The number of anilines is 1. The number of aromatic amines is 1. The highest BCUT2D eigenvalue weighted by atomic mass is 32.2. The molecular weight excluding hydrogens is 292 g/mol. The number of aromatic nitrogens is 3. The molecule has 0 saturated carbocycles. The summed E-state index contributed by atoms with van der Waals surface area (Å²) in [6, 6.07) is 6.86. The number of sulfonamides is 1. The first-order chi connectivity index (χ1) is 10.0. The second-order valence-corrected chi connectivity index (χ2v) is 6.05. The zero-order valence-electron chi connectivity index (χ0n) is 11.1. The molecule has 0 bridgehead atoms. The van der Waals surface area contributed by atoms with Gasteiger partial charge in [0.2, 0.25) is 0 Å². The van der Waals surface area contributed by atoms with E-state index in [1.807, 2.05) is 0 Å². The molecule has 3 rings (SSSR count).